The van der Waals surface area contributed by atoms with E-state index in [1.54, 1.807) is 31.8 Å². The largest absolute Gasteiger partial charge is 0.464 e. The molecule has 23 heavy (non-hydrogen) atoms. The van der Waals surface area contributed by atoms with Crippen molar-refractivity contribution in [3.8, 4) is 0 Å². The van der Waals surface area contributed by atoms with E-state index in [0.717, 1.165) is 18.5 Å². The number of hydrogen-bond acceptors (Lipinski definition) is 5. The predicted molar refractivity (Wildman–Crippen MR) is 82.4 cm³/mol. The first-order valence-corrected chi connectivity index (χ1v) is 7.39. The molecule has 8 heteroatoms. The molecule has 8 nitrogen and oxygen atoms in total. The standard InChI is InChI=1S/C15H19N5O3/c1-8-12(13(15(22)23-4)18-19(8)2)16-14(21)11-7-10(9-5-6-9)17-20(11)3/h7,9H,5-6H2,1-4H3,(H,16,21). The summed E-state index contributed by atoms with van der Waals surface area (Å²) >= 11 is 0. The Morgan fingerprint density at radius 2 is 1.96 bits per heavy atom. The first kappa shape index (κ1) is 15.3. The average Bonchev–Trinajstić information content (AvgIpc) is 3.25. The van der Waals surface area contributed by atoms with Crippen molar-refractivity contribution in [2.45, 2.75) is 25.7 Å². The van der Waals surface area contributed by atoms with E-state index >= 15 is 0 Å². The maximum atomic E-state index is 12.6. The number of amides is 1. The Hall–Kier alpha value is -2.64. The minimum absolute atomic E-state index is 0.0884. The van der Waals surface area contributed by atoms with Crippen LogP contribution in [-0.4, -0.2) is 38.5 Å². The van der Waals surface area contributed by atoms with Crippen molar-refractivity contribution < 1.29 is 14.3 Å². The van der Waals surface area contributed by atoms with Gasteiger partial charge in [-0.3, -0.25) is 14.2 Å². The van der Waals surface area contributed by atoms with Crippen LogP contribution in [0.1, 0.15) is 51.1 Å². The quantitative estimate of drug-likeness (QED) is 0.860. The highest BCUT2D eigenvalue weighted by molar-refractivity contribution is 6.07. The third kappa shape index (κ3) is 2.71. The fourth-order valence-electron chi connectivity index (χ4n) is 2.46. The molecule has 1 amide bonds. The Morgan fingerprint density at radius 3 is 2.57 bits per heavy atom. The number of anilines is 1. The maximum absolute atomic E-state index is 12.6. The lowest BCUT2D eigenvalue weighted by molar-refractivity contribution is 0.0594. The van der Waals surface area contributed by atoms with Gasteiger partial charge in [-0.05, 0) is 25.8 Å². The van der Waals surface area contributed by atoms with Crippen LogP contribution in [0.5, 0.6) is 0 Å². The first-order valence-electron chi connectivity index (χ1n) is 7.39. The summed E-state index contributed by atoms with van der Waals surface area (Å²) in [5.41, 5.74) is 2.51. The zero-order valence-corrected chi connectivity index (χ0v) is 13.6. The Kier molecular flexibility index (Phi) is 3.67. The first-order chi connectivity index (χ1) is 10.9. The van der Waals surface area contributed by atoms with Crippen molar-refractivity contribution in [3.05, 3.63) is 28.8 Å². The molecule has 1 aliphatic carbocycles. The number of nitrogens with one attached hydrogen (secondary N) is 1. The molecule has 0 saturated heterocycles. The molecule has 2 aromatic rings. The maximum Gasteiger partial charge on any atom is 0.360 e. The van der Waals surface area contributed by atoms with Crippen LogP contribution >= 0.6 is 0 Å². The number of carbonyl (C=O) groups excluding carboxylic acids is 2. The zero-order valence-electron chi connectivity index (χ0n) is 13.6. The summed E-state index contributed by atoms with van der Waals surface area (Å²) in [5, 5.41) is 11.2. The highest BCUT2D eigenvalue weighted by atomic mass is 16.5. The molecule has 0 atom stereocenters. The van der Waals surface area contributed by atoms with Crippen molar-refractivity contribution in [2.75, 3.05) is 12.4 Å². The van der Waals surface area contributed by atoms with E-state index < -0.39 is 5.97 Å². The topological polar surface area (TPSA) is 91.0 Å². The van der Waals surface area contributed by atoms with Crippen LogP contribution in [0.15, 0.2) is 6.07 Å². The van der Waals surface area contributed by atoms with E-state index in [9.17, 15) is 9.59 Å². The third-order valence-electron chi connectivity index (χ3n) is 4.08. The number of esters is 1. The molecule has 1 fully saturated rings. The molecule has 0 unspecified atom stereocenters. The third-order valence-corrected chi connectivity index (χ3v) is 4.08. The van der Waals surface area contributed by atoms with Gasteiger partial charge in [-0.2, -0.15) is 10.2 Å². The number of nitrogens with zero attached hydrogens (tertiary/aromatic N) is 4. The molecule has 1 N–H and O–H groups in total. The minimum atomic E-state index is -0.590. The predicted octanol–water partition coefficient (Wildman–Crippen LogP) is 1.38. The fourth-order valence-corrected chi connectivity index (χ4v) is 2.46. The molecule has 2 heterocycles. The molecular formula is C15H19N5O3. The number of aromatic nitrogens is 4. The molecule has 1 saturated carbocycles. The molecule has 0 radical (unpaired) electrons. The summed E-state index contributed by atoms with van der Waals surface area (Å²) in [7, 11) is 4.71. The van der Waals surface area contributed by atoms with Crippen molar-refractivity contribution in [1.29, 1.82) is 0 Å². The summed E-state index contributed by atoms with van der Waals surface area (Å²) in [6, 6.07) is 1.80. The van der Waals surface area contributed by atoms with Gasteiger partial charge in [-0.1, -0.05) is 0 Å². The summed E-state index contributed by atoms with van der Waals surface area (Å²) in [6.07, 6.45) is 2.23. The van der Waals surface area contributed by atoms with Crippen molar-refractivity contribution in [2.24, 2.45) is 14.1 Å². The van der Waals surface area contributed by atoms with Gasteiger partial charge in [0.15, 0.2) is 5.69 Å². The Morgan fingerprint density at radius 1 is 1.26 bits per heavy atom. The monoisotopic (exact) mass is 317 g/mol. The van der Waals surface area contributed by atoms with Gasteiger partial charge in [-0.15, -0.1) is 0 Å². The van der Waals surface area contributed by atoms with Crippen LogP contribution in [0.2, 0.25) is 0 Å². The van der Waals surface area contributed by atoms with Gasteiger partial charge in [-0.25, -0.2) is 4.79 Å². The van der Waals surface area contributed by atoms with E-state index in [2.05, 4.69) is 15.5 Å². The summed E-state index contributed by atoms with van der Waals surface area (Å²) in [4.78, 5) is 24.4. The Labute approximate surface area is 133 Å². The second-order valence-corrected chi connectivity index (χ2v) is 5.73. The van der Waals surface area contributed by atoms with Crippen molar-refractivity contribution >= 4 is 17.6 Å². The van der Waals surface area contributed by atoms with Gasteiger partial charge in [0.1, 0.15) is 5.69 Å². The van der Waals surface area contributed by atoms with E-state index in [1.807, 2.05) is 0 Å². The Balaban J connectivity index is 1.89. The molecule has 3 rings (SSSR count). The molecule has 0 bridgehead atoms. The lowest BCUT2D eigenvalue weighted by Crippen LogP contribution is -2.18. The van der Waals surface area contributed by atoms with Crippen LogP contribution < -0.4 is 5.32 Å². The summed E-state index contributed by atoms with van der Waals surface area (Å²) < 4.78 is 7.81. The molecule has 0 spiro atoms. The van der Waals surface area contributed by atoms with Gasteiger partial charge in [0.25, 0.3) is 5.91 Å². The summed E-state index contributed by atoms with van der Waals surface area (Å²) in [5.74, 6) is -0.450. The number of rotatable bonds is 4. The SMILES string of the molecule is COC(=O)c1nn(C)c(C)c1NC(=O)c1cc(C2CC2)nn1C. The van der Waals surface area contributed by atoms with Gasteiger partial charge in [0, 0.05) is 20.0 Å². The molecule has 0 aliphatic heterocycles. The number of aryl methyl sites for hydroxylation is 2. The van der Waals surface area contributed by atoms with Gasteiger partial charge < -0.3 is 10.1 Å². The Bertz CT molecular complexity index is 785. The average molecular weight is 317 g/mol. The molecule has 2 aromatic heterocycles. The van der Waals surface area contributed by atoms with Crippen LogP contribution in [0.4, 0.5) is 5.69 Å². The van der Waals surface area contributed by atoms with Crippen LogP contribution in [0.3, 0.4) is 0 Å². The molecule has 1 aliphatic rings. The summed E-state index contributed by atoms with van der Waals surface area (Å²) in [6.45, 7) is 1.77. The number of methoxy groups -OCH3 is 1. The second-order valence-electron chi connectivity index (χ2n) is 5.73. The van der Waals surface area contributed by atoms with E-state index in [-0.39, 0.29) is 11.6 Å². The van der Waals surface area contributed by atoms with Gasteiger partial charge in [0.05, 0.1) is 24.2 Å². The van der Waals surface area contributed by atoms with Gasteiger partial charge >= 0.3 is 5.97 Å². The lowest BCUT2D eigenvalue weighted by Gasteiger charge is -2.06. The van der Waals surface area contributed by atoms with Gasteiger partial charge in [0.2, 0.25) is 0 Å². The lowest BCUT2D eigenvalue weighted by atomic mass is 10.2. The smallest absolute Gasteiger partial charge is 0.360 e. The normalized spacial score (nSPS) is 13.9. The molecular weight excluding hydrogens is 298 g/mol. The number of hydrogen-bond donors (Lipinski definition) is 1. The second kappa shape index (κ2) is 5.53. The van der Waals surface area contributed by atoms with E-state index in [0.29, 0.717) is 23.0 Å². The molecule has 0 aromatic carbocycles. The highest BCUT2D eigenvalue weighted by Gasteiger charge is 2.29. The van der Waals surface area contributed by atoms with Crippen LogP contribution in [-0.2, 0) is 18.8 Å². The number of carbonyl (C=O) groups is 2. The van der Waals surface area contributed by atoms with Crippen LogP contribution in [0.25, 0.3) is 0 Å². The van der Waals surface area contributed by atoms with Crippen LogP contribution in [0, 0.1) is 6.92 Å². The van der Waals surface area contributed by atoms with Crippen molar-refractivity contribution in [3.63, 3.8) is 0 Å². The fraction of sp³-hybridized carbons (Fsp3) is 0.467. The van der Waals surface area contributed by atoms with E-state index in [4.69, 9.17) is 4.74 Å². The van der Waals surface area contributed by atoms with E-state index in [1.165, 1.54) is 11.8 Å². The number of ether oxygens (including phenoxy) is 1. The zero-order chi connectivity index (χ0) is 16.7. The minimum Gasteiger partial charge on any atom is -0.464 e. The van der Waals surface area contributed by atoms with Crippen molar-refractivity contribution in [1.82, 2.24) is 19.6 Å². The molecule has 122 valence electrons. The highest BCUT2D eigenvalue weighted by Crippen LogP contribution is 2.39.